The van der Waals surface area contributed by atoms with Gasteiger partial charge in [0.2, 0.25) is 5.91 Å². The Morgan fingerprint density at radius 3 is 2.48 bits per heavy atom. The summed E-state index contributed by atoms with van der Waals surface area (Å²) in [6, 6.07) is 11.2. The molecule has 1 aromatic carbocycles. The summed E-state index contributed by atoms with van der Waals surface area (Å²) < 4.78 is 0. The van der Waals surface area contributed by atoms with Gasteiger partial charge in [0.05, 0.1) is 6.04 Å². The van der Waals surface area contributed by atoms with Crippen LogP contribution in [0.4, 0.5) is 16.2 Å². The molecule has 1 aliphatic rings. The zero-order valence-electron chi connectivity index (χ0n) is 14.5. The second-order valence-corrected chi connectivity index (χ2v) is 6.19. The number of rotatable bonds is 3. The van der Waals surface area contributed by atoms with Gasteiger partial charge in [0, 0.05) is 44.3 Å². The number of benzene rings is 1. The standard InChI is InChI=1S/C19H22N4O2/c1-14(24)22(2)17-7-5-16(6-8-17)21-19(25)23-13-3-4-18(23)15-9-11-20-12-10-15/h5-12,18H,3-4,13H2,1-2H3,(H,21,25). The van der Waals surface area contributed by atoms with Crippen LogP contribution in [0.25, 0.3) is 0 Å². The lowest BCUT2D eigenvalue weighted by atomic mass is 10.1. The van der Waals surface area contributed by atoms with E-state index in [-0.39, 0.29) is 18.0 Å². The largest absolute Gasteiger partial charge is 0.322 e. The highest BCUT2D eigenvalue weighted by Gasteiger charge is 2.29. The summed E-state index contributed by atoms with van der Waals surface area (Å²) in [4.78, 5) is 31.5. The number of aromatic nitrogens is 1. The molecule has 0 radical (unpaired) electrons. The van der Waals surface area contributed by atoms with E-state index < -0.39 is 0 Å². The molecule has 1 atom stereocenters. The third-order valence-electron chi connectivity index (χ3n) is 4.58. The van der Waals surface area contributed by atoms with Crippen molar-refractivity contribution in [3.05, 3.63) is 54.4 Å². The quantitative estimate of drug-likeness (QED) is 0.932. The number of hydrogen-bond donors (Lipinski definition) is 1. The van der Waals surface area contributed by atoms with Crippen LogP contribution in [0.1, 0.15) is 31.4 Å². The molecule has 2 heterocycles. The second kappa shape index (κ2) is 7.34. The van der Waals surface area contributed by atoms with Gasteiger partial charge in [-0.15, -0.1) is 0 Å². The molecule has 6 nitrogen and oxygen atoms in total. The highest BCUT2D eigenvalue weighted by atomic mass is 16.2. The summed E-state index contributed by atoms with van der Waals surface area (Å²) in [5.41, 5.74) is 2.62. The molecule has 1 fully saturated rings. The molecular weight excluding hydrogens is 316 g/mol. The van der Waals surface area contributed by atoms with E-state index >= 15 is 0 Å². The topological polar surface area (TPSA) is 65.5 Å². The predicted molar refractivity (Wildman–Crippen MR) is 97.5 cm³/mol. The summed E-state index contributed by atoms with van der Waals surface area (Å²) in [5.74, 6) is -0.0333. The number of anilines is 2. The van der Waals surface area contributed by atoms with Crippen molar-refractivity contribution in [1.82, 2.24) is 9.88 Å². The summed E-state index contributed by atoms with van der Waals surface area (Å²) in [5, 5.41) is 2.95. The number of hydrogen-bond acceptors (Lipinski definition) is 3. The molecule has 0 spiro atoms. The zero-order valence-corrected chi connectivity index (χ0v) is 14.5. The SMILES string of the molecule is CC(=O)N(C)c1ccc(NC(=O)N2CCCC2c2ccncc2)cc1. The minimum absolute atomic E-state index is 0.0333. The molecule has 0 aliphatic carbocycles. The van der Waals surface area contributed by atoms with Gasteiger partial charge in [-0.3, -0.25) is 9.78 Å². The Hall–Kier alpha value is -2.89. The fraction of sp³-hybridized carbons (Fsp3) is 0.316. The Morgan fingerprint density at radius 1 is 1.16 bits per heavy atom. The first-order valence-corrected chi connectivity index (χ1v) is 8.38. The van der Waals surface area contributed by atoms with E-state index in [9.17, 15) is 9.59 Å². The third kappa shape index (κ3) is 3.79. The van der Waals surface area contributed by atoms with Crippen LogP contribution in [-0.2, 0) is 4.79 Å². The lowest BCUT2D eigenvalue weighted by Gasteiger charge is -2.25. The summed E-state index contributed by atoms with van der Waals surface area (Å²) in [6.07, 6.45) is 5.46. The van der Waals surface area contributed by atoms with Crippen molar-refractivity contribution in [1.29, 1.82) is 0 Å². The van der Waals surface area contributed by atoms with E-state index in [4.69, 9.17) is 0 Å². The first-order chi connectivity index (χ1) is 12.1. The fourth-order valence-electron chi connectivity index (χ4n) is 3.09. The van der Waals surface area contributed by atoms with E-state index in [0.717, 1.165) is 30.6 Å². The molecule has 1 N–H and O–H groups in total. The Balaban J connectivity index is 1.68. The van der Waals surface area contributed by atoms with E-state index in [0.29, 0.717) is 5.69 Å². The van der Waals surface area contributed by atoms with Gasteiger partial charge in [-0.25, -0.2) is 4.79 Å². The summed E-state index contributed by atoms with van der Waals surface area (Å²) >= 11 is 0. The van der Waals surface area contributed by atoms with Crippen LogP contribution in [0.3, 0.4) is 0 Å². The maximum absolute atomic E-state index is 12.7. The molecule has 2 aromatic rings. The van der Waals surface area contributed by atoms with E-state index in [2.05, 4.69) is 10.3 Å². The number of carbonyl (C=O) groups is 2. The second-order valence-electron chi connectivity index (χ2n) is 6.19. The van der Waals surface area contributed by atoms with Gasteiger partial charge in [-0.1, -0.05) is 0 Å². The van der Waals surface area contributed by atoms with Crippen molar-refractivity contribution in [3.8, 4) is 0 Å². The van der Waals surface area contributed by atoms with Crippen LogP contribution >= 0.6 is 0 Å². The van der Waals surface area contributed by atoms with Gasteiger partial charge in [-0.2, -0.15) is 0 Å². The lowest BCUT2D eigenvalue weighted by molar-refractivity contribution is -0.116. The highest BCUT2D eigenvalue weighted by Crippen LogP contribution is 2.32. The zero-order chi connectivity index (χ0) is 17.8. The monoisotopic (exact) mass is 338 g/mol. The van der Waals surface area contributed by atoms with Crippen LogP contribution < -0.4 is 10.2 Å². The normalized spacial score (nSPS) is 16.6. The molecule has 1 aliphatic heterocycles. The van der Waals surface area contributed by atoms with Crippen molar-refractivity contribution >= 4 is 23.3 Å². The molecule has 0 bridgehead atoms. The van der Waals surface area contributed by atoms with Crippen molar-refractivity contribution in [3.63, 3.8) is 0 Å². The Kier molecular flexibility index (Phi) is 4.97. The molecule has 0 saturated carbocycles. The Bertz CT molecular complexity index is 746. The van der Waals surface area contributed by atoms with Crippen LogP contribution in [0.5, 0.6) is 0 Å². The first-order valence-electron chi connectivity index (χ1n) is 8.38. The van der Waals surface area contributed by atoms with Gasteiger partial charge in [0.15, 0.2) is 0 Å². The van der Waals surface area contributed by atoms with E-state index in [1.54, 1.807) is 24.3 Å². The summed E-state index contributed by atoms with van der Waals surface area (Å²) in [7, 11) is 1.72. The Morgan fingerprint density at radius 2 is 1.84 bits per heavy atom. The number of carbonyl (C=O) groups excluding carboxylic acids is 2. The van der Waals surface area contributed by atoms with Crippen molar-refractivity contribution in [2.75, 3.05) is 23.8 Å². The van der Waals surface area contributed by atoms with E-state index in [1.165, 1.54) is 6.92 Å². The molecule has 1 unspecified atom stereocenters. The fourth-order valence-corrected chi connectivity index (χ4v) is 3.09. The number of amides is 3. The smallest absolute Gasteiger partial charge is 0.317 e. The van der Waals surface area contributed by atoms with Crippen molar-refractivity contribution in [2.45, 2.75) is 25.8 Å². The number of nitrogens with one attached hydrogen (secondary N) is 1. The molecule has 25 heavy (non-hydrogen) atoms. The Labute approximate surface area is 147 Å². The van der Waals surface area contributed by atoms with Crippen molar-refractivity contribution < 1.29 is 9.59 Å². The van der Waals surface area contributed by atoms with Crippen LogP contribution in [0.15, 0.2) is 48.8 Å². The number of urea groups is 1. The van der Waals surface area contributed by atoms with Crippen LogP contribution in [-0.4, -0.2) is 35.4 Å². The number of nitrogens with zero attached hydrogens (tertiary/aromatic N) is 3. The third-order valence-corrected chi connectivity index (χ3v) is 4.58. The molecule has 130 valence electrons. The van der Waals surface area contributed by atoms with Crippen LogP contribution in [0.2, 0.25) is 0 Å². The number of pyridine rings is 1. The minimum atomic E-state index is -0.105. The molecule has 3 amide bonds. The van der Waals surface area contributed by atoms with E-state index in [1.807, 2.05) is 41.3 Å². The minimum Gasteiger partial charge on any atom is -0.317 e. The van der Waals surface area contributed by atoms with Gasteiger partial charge in [0.25, 0.3) is 0 Å². The van der Waals surface area contributed by atoms with Gasteiger partial charge in [0.1, 0.15) is 0 Å². The molecule has 1 aromatic heterocycles. The average molecular weight is 338 g/mol. The van der Waals surface area contributed by atoms with Gasteiger partial charge >= 0.3 is 6.03 Å². The lowest BCUT2D eigenvalue weighted by Crippen LogP contribution is -2.34. The van der Waals surface area contributed by atoms with Crippen LogP contribution in [0, 0.1) is 0 Å². The maximum Gasteiger partial charge on any atom is 0.322 e. The average Bonchev–Trinajstić information content (AvgIpc) is 3.12. The number of likely N-dealkylation sites (tertiary alicyclic amines) is 1. The molecule has 1 saturated heterocycles. The molecular formula is C19H22N4O2. The van der Waals surface area contributed by atoms with Gasteiger partial charge < -0.3 is 15.1 Å². The van der Waals surface area contributed by atoms with Gasteiger partial charge in [-0.05, 0) is 54.8 Å². The van der Waals surface area contributed by atoms with Crippen molar-refractivity contribution in [2.24, 2.45) is 0 Å². The highest BCUT2D eigenvalue weighted by molar-refractivity contribution is 5.92. The maximum atomic E-state index is 12.7. The summed E-state index contributed by atoms with van der Waals surface area (Å²) in [6.45, 7) is 2.26. The molecule has 3 rings (SSSR count). The predicted octanol–water partition coefficient (Wildman–Crippen LogP) is 3.43. The molecule has 6 heteroatoms. The first kappa shape index (κ1) is 17.0.